The van der Waals surface area contributed by atoms with Gasteiger partial charge < -0.3 is 19.6 Å². The van der Waals surface area contributed by atoms with Gasteiger partial charge >= 0.3 is 12.2 Å². The average Bonchev–Trinajstić information content (AvgIpc) is 3.78. The van der Waals surface area contributed by atoms with Crippen molar-refractivity contribution in [2.24, 2.45) is 0 Å². The van der Waals surface area contributed by atoms with Gasteiger partial charge in [0, 0.05) is 47.6 Å². The summed E-state index contributed by atoms with van der Waals surface area (Å²) >= 11 is 5.79. The van der Waals surface area contributed by atoms with Gasteiger partial charge in [-0.15, -0.1) is 0 Å². The number of fused-ring (bicyclic) bond motifs is 4. The van der Waals surface area contributed by atoms with Crippen molar-refractivity contribution >= 4 is 45.7 Å². The van der Waals surface area contributed by atoms with E-state index in [4.69, 9.17) is 11.6 Å². The fourth-order valence-corrected chi connectivity index (χ4v) is 7.71. The third-order valence-electron chi connectivity index (χ3n) is 9.80. The summed E-state index contributed by atoms with van der Waals surface area (Å²) in [6.07, 6.45) is 1.66. The molecule has 9 nitrogen and oxygen atoms in total. The molecule has 8 rings (SSSR count). The molecule has 1 aliphatic carbocycles. The first-order chi connectivity index (χ1) is 23.7. The van der Waals surface area contributed by atoms with E-state index in [9.17, 15) is 22.8 Å². The number of carbonyl (C=O) groups is 2. The number of hydrogen-bond acceptors (Lipinski definition) is 5. The molecule has 2 aliphatic rings. The predicted molar refractivity (Wildman–Crippen MR) is 176 cm³/mol. The van der Waals surface area contributed by atoms with Gasteiger partial charge in [0.05, 0.1) is 40.5 Å². The maximum atomic E-state index is 15.6. The van der Waals surface area contributed by atoms with Gasteiger partial charge in [0.1, 0.15) is 28.6 Å². The van der Waals surface area contributed by atoms with E-state index in [1.54, 1.807) is 43.3 Å². The number of aromatic nitrogens is 5. The van der Waals surface area contributed by atoms with Crippen LogP contribution in [0.15, 0.2) is 61.4 Å². The number of H-pyrrole nitrogens is 1. The molecule has 1 fully saturated rings. The van der Waals surface area contributed by atoms with Crippen LogP contribution in [0.25, 0.3) is 27.7 Å². The minimum absolute atomic E-state index is 0.0578. The van der Waals surface area contributed by atoms with Crippen molar-refractivity contribution in [3.63, 3.8) is 0 Å². The maximum Gasteiger partial charge on any atom is 0.417 e. The van der Waals surface area contributed by atoms with Crippen LogP contribution in [0.4, 0.5) is 32.4 Å². The second-order valence-corrected chi connectivity index (χ2v) is 13.6. The van der Waals surface area contributed by atoms with Crippen LogP contribution in [-0.4, -0.2) is 54.9 Å². The van der Waals surface area contributed by atoms with Gasteiger partial charge in [-0.1, -0.05) is 17.7 Å². The Balaban J connectivity index is 1.15. The number of ketones is 1. The van der Waals surface area contributed by atoms with E-state index in [0.717, 1.165) is 18.2 Å². The van der Waals surface area contributed by atoms with E-state index in [2.05, 4.69) is 20.3 Å². The fraction of sp³-hybridized carbons (Fsp3) is 0.257. The first kappa shape index (κ1) is 32.0. The molecule has 1 saturated carbocycles. The van der Waals surface area contributed by atoms with Crippen molar-refractivity contribution in [3.05, 3.63) is 106 Å². The van der Waals surface area contributed by atoms with Crippen LogP contribution >= 0.6 is 11.6 Å². The second kappa shape index (κ2) is 11.1. The zero-order valence-electron chi connectivity index (χ0n) is 26.5. The number of hydrogen-bond donors (Lipinski definition) is 2. The van der Waals surface area contributed by atoms with Gasteiger partial charge in [0.15, 0.2) is 0 Å². The Morgan fingerprint density at radius 3 is 2.52 bits per heavy atom. The first-order valence-electron chi connectivity index (χ1n) is 15.7. The summed E-state index contributed by atoms with van der Waals surface area (Å²) < 4.78 is 77.9. The van der Waals surface area contributed by atoms with Crippen molar-refractivity contribution < 1.29 is 31.5 Å². The molecule has 1 aliphatic heterocycles. The molecule has 50 heavy (non-hydrogen) atoms. The number of carbonyl (C=O) groups excluding carboxylic acids is 2. The fourth-order valence-electron chi connectivity index (χ4n) is 7.56. The number of likely N-dealkylation sites (N-methyl/N-ethyl adjacent to an activating group) is 1. The SMILES string of the molecule is CN1CCc2cc(C(=O)c3cc(F)c(C4CC(C)(NC(=O)n5cnc(Cl)c5)C4)c(F)c3)n3cccc(c23)-c2c(C(F)(F)F)cc3[nH]cnc3c21. The third-order valence-corrected chi connectivity index (χ3v) is 10.00. The summed E-state index contributed by atoms with van der Waals surface area (Å²) in [4.78, 5) is 39.2. The summed E-state index contributed by atoms with van der Waals surface area (Å²) in [5.41, 5.74) is 0.165. The quantitative estimate of drug-likeness (QED) is 0.144. The van der Waals surface area contributed by atoms with Gasteiger partial charge in [-0.3, -0.25) is 9.36 Å². The molecule has 256 valence electrons. The Morgan fingerprint density at radius 2 is 1.84 bits per heavy atom. The number of imidazole rings is 2. The lowest BCUT2D eigenvalue weighted by atomic mass is 9.66. The Hall–Kier alpha value is -5.24. The van der Waals surface area contributed by atoms with Crippen molar-refractivity contribution in [2.45, 2.75) is 43.8 Å². The van der Waals surface area contributed by atoms with Gasteiger partial charge in [-0.05, 0) is 68.0 Å². The Labute approximate surface area is 285 Å². The maximum absolute atomic E-state index is 15.6. The summed E-state index contributed by atoms with van der Waals surface area (Å²) in [7, 11) is 1.70. The van der Waals surface area contributed by atoms with Crippen LogP contribution in [0, 0.1) is 11.6 Å². The number of nitrogens with one attached hydrogen (secondary N) is 2. The van der Waals surface area contributed by atoms with E-state index >= 15 is 8.78 Å². The number of nitrogens with zero attached hydrogens (tertiary/aromatic N) is 5. The minimum atomic E-state index is -4.71. The molecule has 0 saturated heterocycles. The normalized spacial score (nSPS) is 18.9. The van der Waals surface area contributed by atoms with Crippen LogP contribution in [-0.2, 0) is 12.6 Å². The second-order valence-electron chi connectivity index (χ2n) is 13.2. The molecule has 15 heteroatoms. The molecule has 6 aromatic rings. The number of alkyl halides is 3. The smallest absolute Gasteiger partial charge is 0.372 e. The van der Waals surface area contributed by atoms with Crippen LogP contribution < -0.4 is 10.2 Å². The number of pyridine rings is 1. The third kappa shape index (κ3) is 5.03. The predicted octanol–water partition coefficient (Wildman–Crippen LogP) is 7.75. The number of amides is 1. The topological polar surface area (TPSA) is 100 Å². The first-order valence-corrected chi connectivity index (χ1v) is 16.1. The van der Waals surface area contributed by atoms with Crippen molar-refractivity contribution in [3.8, 4) is 11.1 Å². The van der Waals surface area contributed by atoms with Gasteiger partial charge in [-0.25, -0.2) is 23.5 Å². The molecule has 5 heterocycles. The highest BCUT2D eigenvalue weighted by Gasteiger charge is 2.45. The lowest BCUT2D eigenvalue weighted by Gasteiger charge is -2.46. The Morgan fingerprint density at radius 1 is 1.10 bits per heavy atom. The van der Waals surface area contributed by atoms with Crippen LogP contribution in [0.3, 0.4) is 0 Å². The average molecular weight is 708 g/mol. The number of anilines is 1. The lowest BCUT2D eigenvalue weighted by molar-refractivity contribution is -0.137. The van der Waals surface area contributed by atoms with Gasteiger partial charge in [-0.2, -0.15) is 13.2 Å². The van der Waals surface area contributed by atoms with Gasteiger partial charge in [0.2, 0.25) is 5.78 Å². The summed E-state index contributed by atoms with van der Waals surface area (Å²) in [5, 5.41) is 2.98. The summed E-state index contributed by atoms with van der Waals surface area (Å²) in [6, 6.07) is 7.23. The summed E-state index contributed by atoms with van der Waals surface area (Å²) in [5.74, 6) is -3.05. The lowest BCUT2D eigenvalue weighted by Crippen LogP contribution is -2.55. The van der Waals surface area contributed by atoms with E-state index in [0.29, 0.717) is 35.2 Å². The minimum Gasteiger partial charge on any atom is -0.372 e. The zero-order valence-corrected chi connectivity index (χ0v) is 27.3. The number of halogens is 6. The molecule has 0 bridgehead atoms. The van der Waals surface area contributed by atoms with Crippen LogP contribution in [0.5, 0.6) is 0 Å². The van der Waals surface area contributed by atoms with Crippen molar-refractivity contribution in [1.82, 2.24) is 29.2 Å². The Kier molecular flexibility index (Phi) is 7.13. The number of rotatable bonds is 4. The molecule has 0 atom stereocenters. The van der Waals surface area contributed by atoms with E-state index in [1.807, 2.05) is 0 Å². The zero-order chi connectivity index (χ0) is 35.3. The van der Waals surface area contributed by atoms with Crippen LogP contribution in [0.1, 0.15) is 58.4 Å². The molecule has 1 amide bonds. The molecule has 2 N–H and O–H groups in total. The molecular formula is C35H27ClF5N7O2. The standard InChI is InChI=1S/C35H27ClF5N7O2/c1-34(45-33(50)47-14-26(36)44-16-47)12-19(13-34)27-22(37)8-18(9-23(27)38)32(49)25-10-17-5-7-46(2)31-28(20-4-3-6-48(25)30(17)20)21(35(39,40)41)11-24-29(31)43-15-42-24/h3-4,6,8-11,14-16,19H,5,7,12-13H2,1-2H3,(H,42,43)(H,45,50). The van der Waals surface area contributed by atoms with E-state index in [1.165, 1.54) is 27.8 Å². The number of benzene rings is 2. The molecular weight excluding hydrogens is 681 g/mol. The molecule has 0 unspecified atom stereocenters. The van der Waals surface area contributed by atoms with Crippen molar-refractivity contribution in [2.75, 3.05) is 18.5 Å². The molecule has 0 radical (unpaired) electrons. The summed E-state index contributed by atoms with van der Waals surface area (Å²) in [6.45, 7) is 2.08. The van der Waals surface area contributed by atoms with E-state index in [-0.39, 0.29) is 51.5 Å². The highest BCUT2D eigenvalue weighted by Crippen LogP contribution is 2.49. The highest BCUT2D eigenvalue weighted by atomic mass is 35.5. The molecule has 4 aromatic heterocycles. The molecule has 2 aromatic carbocycles. The highest BCUT2D eigenvalue weighted by molar-refractivity contribution is 6.29. The Bertz CT molecular complexity index is 2360. The number of aromatic amines is 1. The monoisotopic (exact) mass is 707 g/mol. The molecule has 0 spiro atoms. The van der Waals surface area contributed by atoms with Gasteiger partial charge in [0.25, 0.3) is 0 Å². The van der Waals surface area contributed by atoms with Crippen molar-refractivity contribution in [1.29, 1.82) is 0 Å². The largest absolute Gasteiger partial charge is 0.417 e. The van der Waals surface area contributed by atoms with E-state index < -0.39 is 46.6 Å². The van der Waals surface area contributed by atoms with Crippen LogP contribution in [0.2, 0.25) is 5.15 Å².